The van der Waals surface area contributed by atoms with Gasteiger partial charge in [0.15, 0.2) is 0 Å². The molecule has 0 saturated carbocycles. The summed E-state index contributed by atoms with van der Waals surface area (Å²) < 4.78 is 5.05. The van der Waals surface area contributed by atoms with Crippen molar-refractivity contribution in [1.29, 1.82) is 0 Å². The van der Waals surface area contributed by atoms with Gasteiger partial charge in [-0.15, -0.1) is 0 Å². The molecule has 84 valence electrons. The summed E-state index contributed by atoms with van der Waals surface area (Å²) in [5.74, 6) is 5.77. The van der Waals surface area contributed by atoms with Gasteiger partial charge in [0.1, 0.15) is 10.8 Å². The van der Waals surface area contributed by atoms with Crippen molar-refractivity contribution < 1.29 is 4.74 Å². The summed E-state index contributed by atoms with van der Waals surface area (Å²) in [4.78, 5) is 1.84. The molecule has 0 bridgehead atoms. The van der Waals surface area contributed by atoms with Gasteiger partial charge in [-0.3, -0.25) is 5.84 Å². The Morgan fingerprint density at radius 2 is 2.07 bits per heavy atom. The van der Waals surface area contributed by atoms with Crippen molar-refractivity contribution in [2.24, 2.45) is 5.84 Å². The molecule has 0 aliphatic carbocycles. The molecule has 1 aromatic carbocycles. The number of hydrogen-bond donors (Lipinski definition) is 2. The van der Waals surface area contributed by atoms with Crippen LogP contribution in [0.1, 0.15) is 0 Å². The van der Waals surface area contributed by atoms with Crippen molar-refractivity contribution in [3.8, 4) is 5.75 Å². The molecule has 0 aromatic heterocycles. The van der Waals surface area contributed by atoms with Crippen molar-refractivity contribution in [3.63, 3.8) is 0 Å². The first-order chi connectivity index (χ1) is 7.11. The second-order valence-corrected chi connectivity index (χ2v) is 3.73. The molecule has 1 aromatic rings. The Morgan fingerprint density at radius 1 is 1.40 bits per heavy atom. The molecule has 0 fully saturated rings. The highest BCUT2D eigenvalue weighted by Gasteiger charge is 2.12. The number of halogens is 2. The first-order valence-electron chi connectivity index (χ1n) is 4.28. The fraction of sp³-hybridized carbons (Fsp3) is 0.333. The van der Waals surface area contributed by atoms with Crippen LogP contribution < -0.4 is 20.9 Å². The number of hydrazine groups is 1. The van der Waals surface area contributed by atoms with Crippen molar-refractivity contribution in [1.82, 2.24) is 5.43 Å². The second kappa shape index (κ2) is 5.42. The number of hydrogen-bond acceptors (Lipinski definition) is 4. The van der Waals surface area contributed by atoms with E-state index in [1.54, 1.807) is 13.2 Å². The fourth-order valence-corrected chi connectivity index (χ4v) is 1.73. The number of methoxy groups -OCH3 is 1. The lowest BCUT2D eigenvalue weighted by molar-refractivity contribution is 0.415. The predicted molar refractivity (Wildman–Crippen MR) is 63.6 cm³/mol. The molecule has 0 aliphatic rings. The predicted octanol–water partition coefficient (Wildman–Crippen LogP) is 1.86. The molecule has 1 rings (SSSR count). The quantitative estimate of drug-likeness (QED) is 0.486. The number of nitrogens with one attached hydrogen (secondary N) is 1. The van der Waals surface area contributed by atoms with Crippen LogP contribution in [0.2, 0.25) is 10.0 Å². The molecule has 3 N–H and O–H groups in total. The van der Waals surface area contributed by atoms with E-state index in [4.69, 9.17) is 33.8 Å². The second-order valence-electron chi connectivity index (χ2n) is 2.98. The molecule has 0 spiro atoms. The van der Waals surface area contributed by atoms with Crippen LogP contribution in [0.4, 0.5) is 5.69 Å². The van der Waals surface area contributed by atoms with E-state index < -0.39 is 0 Å². The minimum Gasteiger partial charge on any atom is -0.495 e. The van der Waals surface area contributed by atoms with Gasteiger partial charge in [-0.2, -0.15) is 0 Å². The van der Waals surface area contributed by atoms with Gasteiger partial charge in [-0.25, -0.2) is 5.43 Å². The number of nitrogens with zero attached hydrogens (tertiary/aromatic N) is 1. The van der Waals surface area contributed by atoms with Crippen LogP contribution in [-0.4, -0.2) is 20.8 Å². The van der Waals surface area contributed by atoms with Crippen LogP contribution in [0.25, 0.3) is 0 Å². The number of ether oxygens (including phenoxy) is 1. The van der Waals surface area contributed by atoms with Gasteiger partial charge in [0.2, 0.25) is 0 Å². The Kier molecular flexibility index (Phi) is 4.47. The Balaban J connectivity index is 3.06. The fourth-order valence-electron chi connectivity index (χ4n) is 1.20. The Bertz CT molecular complexity index is 346. The van der Waals surface area contributed by atoms with Crippen LogP contribution in [0.15, 0.2) is 12.1 Å². The summed E-state index contributed by atoms with van der Waals surface area (Å²) in [6, 6.07) is 3.58. The monoisotopic (exact) mass is 249 g/mol. The van der Waals surface area contributed by atoms with E-state index in [9.17, 15) is 0 Å². The van der Waals surface area contributed by atoms with Crippen LogP contribution in [0.3, 0.4) is 0 Å². The Labute approximate surface area is 98.9 Å². The topological polar surface area (TPSA) is 50.5 Å². The van der Waals surface area contributed by atoms with Crippen molar-refractivity contribution in [2.45, 2.75) is 0 Å². The lowest BCUT2D eigenvalue weighted by Crippen LogP contribution is -2.35. The highest BCUT2D eigenvalue weighted by Crippen LogP contribution is 2.38. The highest BCUT2D eigenvalue weighted by molar-refractivity contribution is 6.44. The normalized spacial score (nSPS) is 10.2. The minimum atomic E-state index is 0.403. The van der Waals surface area contributed by atoms with E-state index in [0.29, 0.717) is 22.5 Å². The lowest BCUT2D eigenvalue weighted by atomic mass is 10.3. The van der Waals surface area contributed by atoms with Crippen LogP contribution >= 0.6 is 23.2 Å². The average Bonchev–Trinajstić information content (AvgIpc) is 2.22. The Hall–Kier alpha value is -0.680. The van der Waals surface area contributed by atoms with E-state index >= 15 is 0 Å². The highest BCUT2D eigenvalue weighted by atomic mass is 35.5. The summed E-state index contributed by atoms with van der Waals surface area (Å²) in [7, 11) is 3.40. The first-order valence-corrected chi connectivity index (χ1v) is 5.04. The zero-order valence-corrected chi connectivity index (χ0v) is 10.1. The smallest absolute Gasteiger partial charge is 0.139 e. The van der Waals surface area contributed by atoms with Gasteiger partial charge in [0.25, 0.3) is 0 Å². The van der Waals surface area contributed by atoms with Crippen LogP contribution in [-0.2, 0) is 0 Å². The third-order valence-electron chi connectivity index (χ3n) is 1.99. The van der Waals surface area contributed by atoms with Crippen LogP contribution in [0.5, 0.6) is 5.75 Å². The summed E-state index contributed by atoms with van der Waals surface area (Å²) in [6.45, 7) is 0.475. The summed E-state index contributed by atoms with van der Waals surface area (Å²) >= 11 is 12.1. The standard InChI is InChI=1S/C9H13Cl2N3O/c1-14(5-13-12)6-3-4-7(15-2)9(11)8(6)10/h3-4,13H,5,12H2,1-2H3. The number of benzene rings is 1. The molecule has 0 unspecified atom stereocenters. The average molecular weight is 250 g/mol. The van der Waals surface area contributed by atoms with Gasteiger partial charge < -0.3 is 9.64 Å². The number of anilines is 1. The van der Waals surface area contributed by atoms with Crippen molar-refractivity contribution in [3.05, 3.63) is 22.2 Å². The molecule has 4 nitrogen and oxygen atoms in total. The molecule has 0 aliphatic heterocycles. The molecule has 0 atom stereocenters. The van der Waals surface area contributed by atoms with Gasteiger partial charge in [-0.1, -0.05) is 23.2 Å². The van der Waals surface area contributed by atoms with Gasteiger partial charge in [0.05, 0.1) is 24.5 Å². The SMILES string of the molecule is COc1ccc(N(C)CNN)c(Cl)c1Cl. The van der Waals surface area contributed by atoms with E-state index in [1.807, 2.05) is 18.0 Å². The maximum absolute atomic E-state index is 6.09. The molecular weight excluding hydrogens is 237 g/mol. The number of rotatable bonds is 4. The number of nitrogens with two attached hydrogens (primary N) is 1. The molecule has 15 heavy (non-hydrogen) atoms. The summed E-state index contributed by atoms with van der Waals surface area (Å²) in [5.41, 5.74) is 3.33. The largest absolute Gasteiger partial charge is 0.495 e. The van der Waals surface area contributed by atoms with E-state index in [0.717, 1.165) is 5.69 Å². The van der Waals surface area contributed by atoms with Crippen molar-refractivity contribution in [2.75, 3.05) is 25.7 Å². The third kappa shape index (κ3) is 2.66. The molecule has 0 saturated heterocycles. The minimum absolute atomic E-state index is 0.403. The molecule has 0 heterocycles. The van der Waals surface area contributed by atoms with Crippen molar-refractivity contribution >= 4 is 28.9 Å². The molecule has 0 amide bonds. The van der Waals surface area contributed by atoms with Crippen LogP contribution in [0, 0.1) is 0 Å². The third-order valence-corrected chi connectivity index (χ3v) is 2.84. The molecular formula is C9H13Cl2N3O. The Morgan fingerprint density at radius 3 is 2.60 bits per heavy atom. The van der Waals surface area contributed by atoms with Gasteiger partial charge >= 0.3 is 0 Å². The zero-order chi connectivity index (χ0) is 11.4. The van der Waals surface area contributed by atoms with E-state index in [1.165, 1.54) is 0 Å². The zero-order valence-electron chi connectivity index (χ0n) is 8.55. The first kappa shape index (κ1) is 12.4. The van der Waals surface area contributed by atoms with E-state index in [-0.39, 0.29) is 0 Å². The van der Waals surface area contributed by atoms with E-state index in [2.05, 4.69) is 5.43 Å². The van der Waals surface area contributed by atoms with Gasteiger partial charge in [0, 0.05) is 7.05 Å². The molecule has 6 heteroatoms. The van der Waals surface area contributed by atoms with Gasteiger partial charge in [-0.05, 0) is 12.1 Å². The maximum Gasteiger partial charge on any atom is 0.139 e. The lowest BCUT2D eigenvalue weighted by Gasteiger charge is -2.20. The summed E-state index contributed by atoms with van der Waals surface area (Å²) in [6.07, 6.45) is 0. The maximum atomic E-state index is 6.09. The molecule has 0 radical (unpaired) electrons. The summed E-state index contributed by atoms with van der Waals surface area (Å²) in [5, 5.41) is 0.856.